The van der Waals surface area contributed by atoms with Gasteiger partial charge in [0.2, 0.25) is 11.8 Å². The molecule has 0 radical (unpaired) electrons. The Hall–Kier alpha value is -2.63. The summed E-state index contributed by atoms with van der Waals surface area (Å²) < 4.78 is 0. The molecule has 6 heteroatoms. The molecule has 1 aliphatic heterocycles. The number of carboxylic acids is 1. The lowest BCUT2D eigenvalue weighted by atomic mass is 10.1. The fraction of sp³-hybridized carbons (Fsp3) is 0.267. The number of carbonyl (C=O) groups excluding carboxylic acids is 2. The van der Waals surface area contributed by atoms with Crippen LogP contribution in [-0.2, 0) is 14.4 Å². The van der Waals surface area contributed by atoms with Crippen LogP contribution in [0.4, 0.5) is 5.69 Å². The van der Waals surface area contributed by atoms with Gasteiger partial charge in [0.15, 0.2) is 0 Å². The summed E-state index contributed by atoms with van der Waals surface area (Å²) in [4.78, 5) is 33.6. The summed E-state index contributed by atoms with van der Waals surface area (Å²) >= 11 is 0. The highest BCUT2D eigenvalue weighted by Gasteiger charge is 2.27. The van der Waals surface area contributed by atoms with Gasteiger partial charge in [0, 0.05) is 18.2 Å². The Morgan fingerprint density at radius 1 is 1.43 bits per heavy atom. The number of nitrogens with one attached hydrogen (secondary N) is 2. The average Bonchev–Trinajstić information content (AvgIpc) is 2.86. The molecule has 110 valence electrons. The third kappa shape index (κ3) is 3.92. The number of amides is 2. The molecule has 1 aromatic rings. The van der Waals surface area contributed by atoms with Gasteiger partial charge >= 0.3 is 5.97 Å². The number of carbonyl (C=O) groups is 3. The van der Waals surface area contributed by atoms with Crippen LogP contribution in [0.5, 0.6) is 0 Å². The molecule has 2 rings (SSSR count). The number of carboxylic acid groups (broad SMARTS) is 1. The van der Waals surface area contributed by atoms with Gasteiger partial charge in [0.05, 0.1) is 0 Å². The highest BCUT2D eigenvalue weighted by molar-refractivity contribution is 5.99. The Labute approximate surface area is 121 Å². The van der Waals surface area contributed by atoms with Crippen LogP contribution in [-0.4, -0.2) is 28.9 Å². The minimum atomic E-state index is -1.01. The largest absolute Gasteiger partial charge is 0.478 e. The summed E-state index contributed by atoms with van der Waals surface area (Å²) in [7, 11) is 0. The minimum absolute atomic E-state index is 0.110. The highest BCUT2D eigenvalue weighted by Crippen LogP contribution is 2.19. The van der Waals surface area contributed by atoms with Crippen molar-refractivity contribution in [2.75, 3.05) is 5.32 Å². The van der Waals surface area contributed by atoms with E-state index in [9.17, 15) is 14.4 Å². The summed E-state index contributed by atoms with van der Waals surface area (Å²) in [6.07, 6.45) is 3.42. The van der Waals surface area contributed by atoms with E-state index in [1.807, 2.05) is 6.92 Å². The molecule has 1 unspecified atom stereocenters. The van der Waals surface area contributed by atoms with E-state index in [1.54, 1.807) is 18.2 Å². The predicted molar refractivity (Wildman–Crippen MR) is 77.6 cm³/mol. The monoisotopic (exact) mass is 288 g/mol. The second kappa shape index (κ2) is 6.21. The molecule has 1 heterocycles. The van der Waals surface area contributed by atoms with Crippen LogP contribution in [0.25, 0.3) is 6.08 Å². The van der Waals surface area contributed by atoms with Crippen molar-refractivity contribution in [2.45, 2.75) is 25.8 Å². The maximum atomic E-state index is 12.0. The zero-order valence-corrected chi connectivity index (χ0v) is 11.6. The predicted octanol–water partition coefficient (Wildman–Crippen LogP) is 1.31. The molecular formula is C15H16N2O4. The first-order valence-corrected chi connectivity index (χ1v) is 6.57. The zero-order valence-electron chi connectivity index (χ0n) is 11.6. The van der Waals surface area contributed by atoms with Gasteiger partial charge in [-0.25, -0.2) is 4.79 Å². The number of benzene rings is 1. The molecule has 0 bridgehead atoms. The van der Waals surface area contributed by atoms with Crippen molar-refractivity contribution in [1.82, 2.24) is 5.32 Å². The molecular weight excluding hydrogens is 272 g/mol. The van der Waals surface area contributed by atoms with Gasteiger partial charge in [0.25, 0.3) is 0 Å². The van der Waals surface area contributed by atoms with Gasteiger partial charge in [-0.05, 0) is 42.7 Å². The molecule has 3 N–H and O–H groups in total. The van der Waals surface area contributed by atoms with E-state index in [-0.39, 0.29) is 11.8 Å². The Morgan fingerprint density at radius 3 is 2.76 bits per heavy atom. The SMILES string of the molecule is Cc1cc(C=CC(=O)O)ccc1NC(=O)C1CCC(=O)N1. The molecule has 1 atom stereocenters. The van der Waals surface area contributed by atoms with Crippen molar-refractivity contribution in [3.8, 4) is 0 Å². The second-order valence-corrected chi connectivity index (χ2v) is 4.89. The van der Waals surface area contributed by atoms with E-state index in [4.69, 9.17) is 5.11 Å². The maximum absolute atomic E-state index is 12.0. The average molecular weight is 288 g/mol. The lowest BCUT2D eigenvalue weighted by Gasteiger charge is -2.13. The Bertz CT molecular complexity index is 622. The molecule has 1 fully saturated rings. The summed E-state index contributed by atoms with van der Waals surface area (Å²) in [5.41, 5.74) is 2.20. The number of hydrogen-bond acceptors (Lipinski definition) is 3. The van der Waals surface area contributed by atoms with Gasteiger partial charge in [-0.1, -0.05) is 6.07 Å². The first-order valence-electron chi connectivity index (χ1n) is 6.57. The van der Waals surface area contributed by atoms with Crippen molar-refractivity contribution >= 4 is 29.5 Å². The van der Waals surface area contributed by atoms with Crippen molar-refractivity contribution in [2.24, 2.45) is 0 Å². The molecule has 0 saturated carbocycles. The van der Waals surface area contributed by atoms with Gasteiger partial charge in [-0.2, -0.15) is 0 Å². The first kappa shape index (κ1) is 14.8. The Morgan fingerprint density at radius 2 is 2.19 bits per heavy atom. The van der Waals surface area contributed by atoms with Crippen LogP contribution in [0.2, 0.25) is 0 Å². The molecule has 0 spiro atoms. The molecule has 0 aliphatic carbocycles. The molecule has 1 aromatic carbocycles. The molecule has 2 amide bonds. The quantitative estimate of drug-likeness (QED) is 0.728. The van der Waals surface area contributed by atoms with E-state index in [0.717, 1.165) is 17.2 Å². The van der Waals surface area contributed by atoms with Gasteiger partial charge in [-0.3, -0.25) is 9.59 Å². The van der Waals surface area contributed by atoms with Crippen LogP contribution in [0.1, 0.15) is 24.0 Å². The fourth-order valence-corrected chi connectivity index (χ4v) is 2.13. The summed E-state index contributed by atoms with van der Waals surface area (Å²) in [5.74, 6) is -1.36. The number of rotatable bonds is 4. The van der Waals surface area contributed by atoms with Crippen molar-refractivity contribution < 1.29 is 19.5 Å². The Kier molecular flexibility index (Phi) is 4.37. The Balaban J connectivity index is 2.05. The van der Waals surface area contributed by atoms with Crippen LogP contribution in [0.3, 0.4) is 0 Å². The van der Waals surface area contributed by atoms with Crippen molar-refractivity contribution in [1.29, 1.82) is 0 Å². The van der Waals surface area contributed by atoms with E-state index in [2.05, 4.69) is 10.6 Å². The van der Waals surface area contributed by atoms with E-state index in [1.165, 1.54) is 6.08 Å². The van der Waals surface area contributed by atoms with Crippen LogP contribution in [0.15, 0.2) is 24.3 Å². The second-order valence-electron chi connectivity index (χ2n) is 4.89. The summed E-state index contributed by atoms with van der Waals surface area (Å²) in [6, 6.07) is 4.73. The number of anilines is 1. The molecule has 21 heavy (non-hydrogen) atoms. The van der Waals surface area contributed by atoms with Crippen molar-refractivity contribution in [3.05, 3.63) is 35.4 Å². The minimum Gasteiger partial charge on any atom is -0.478 e. The topological polar surface area (TPSA) is 95.5 Å². The standard InChI is InChI=1S/C15H16N2O4/c1-9-8-10(3-7-14(19)20)2-4-11(9)17-15(21)12-5-6-13(18)16-12/h2-4,7-8,12H,5-6H2,1H3,(H,16,18)(H,17,21)(H,19,20). The zero-order chi connectivity index (χ0) is 15.4. The lowest BCUT2D eigenvalue weighted by Crippen LogP contribution is -2.37. The fourth-order valence-electron chi connectivity index (χ4n) is 2.13. The third-order valence-electron chi connectivity index (χ3n) is 3.24. The first-order chi connectivity index (χ1) is 9.95. The van der Waals surface area contributed by atoms with Crippen LogP contribution >= 0.6 is 0 Å². The number of aryl methyl sites for hydroxylation is 1. The molecule has 1 saturated heterocycles. The van der Waals surface area contributed by atoms with Crippen LogP contribution < -0.4 is 10.6 Å². The lowest BCUT2D eigenvalue weighted by molar-refractivity contribution is -0.131. The number of aliphatic carboxylic acids is 1. The molecule has 0 aromatic heterocycles. The van der Waals surface area contributed by atoms with Crippen molar-refractivity contribution in [3.63, 3.8) is 0 Å². The van der Waals surface area contributed by atoms with Gasteiger partial charge < -0.3 is 15.7 Å². The molecule has 1 aliphatic rings. The normalized spacial score (nSPS) is 17.8. The van der Waals surface area contributed by atoms with Crippen LogP contribution in [0, 0.1) is 6.92 Å². The third-order valence-corrected chi connectivity index (χ3v) is 3.24. The highest BCUT2D eigenvalue weighted by atomic mass is 16.4. The maximum Gasteiger partial charge on any atom is 0.328 e. The molecule has 6 nitrogen and oxygen atoms in total. The summed E-state index contributed by atoms with van der Waals surface area (Å²) in [5, 5.41) is 14.0. The van der Waals surface area contributed by atoms with E-state index in [0.29, 0.717) is 18.5 Å². The summed E-state index contributed by atoms with van der Waals surface area (Å²) in [6.45, 7) is 1.82. The van der Waals surface area contributed by atoms with E-state index >= 15 is 0 Å². The van der Waals surface area contributed by atoms with E-state index < -0.39 is 12.0 Å². The number of hydrogen-bond donors (Lipinski definition) is 3. The van der Waals surface area contributed by atoms with Gasteiger partial charge in [0.1, 0.15) is 6.04 Å². The smallest absolute Gasteiger partial charge is 0.328 e. The van der Waals surface area contributed by atoms with Gasteiger partial charge in [-0.15, -0.1) is 0 Å².